The quantitative estimate of drug-likeness (QED) is 0.461. The molecule has 0 radical (unpaired) electrons. The molecular weight excluding hydrogens is 243 g/mol. The predicted molar refractivity (Wildman–Crippen MR) is 63.3 cm³/mol. The number of alkyl halides is 1. The van der Waals surface area contributed by atoms with Gasteiger partial charge in [0.15, 0.2) is 0 Å². The Morgan fingerprint density at radius 2 is 2.22 bits per heavy atom. The van der Waals surface area contributed by atoms with Crippen LogP contribution in [0.5, 0.6) is 0 Å². The highest BCUT2D eigenvalue weighted by Crippen LogP contribution is 2.21. The van der Waals surface area contributed by atoms with Gasteiger partial charge in [-0.25, -0.2) is 4.39 Å². The van der Waals surface area contributed by atoms with Crippen molar-refractivity contribution in [2.24, 2.45) is 16.6 Å². The Kier molecular flexibility index (Phi) is 5.57. The lowest BCUT2D eigenvalue weighted by Gasteiger charge is -2.34. The summed E-state index contributed by atoms with van der Waals surface area (Å²) in [6.07, 6.45) is -2.15. The van der Waals surface area contributed by atoms with Crippen LogP contribution in [0.15, 0.2) is 5.18 Å². The summed E-state index contributed by atoms with van der Waals surface area (Å²) >= 11 is 0. The van der Waals surface area contributed by atoms with Gasteiger partial charge in [0, 0.05) is 18.6 Å². The van der Waals surface area contributed by atoms with Crippen molar-refractivity contribution in [3.8, 4) is 0 Å². The summed E-state index contributed by atoms with van der Waals surface area (Å²) in [7, 11) is 0. The zero-order valence-corrected chi connectivity index (χ0v) is 9.96. The maximum atomic E-state index is 12.9. The number of hydrogen-bond acceptors (Lipinski definition) is 6. The van der Waals surface area contributed by atoms with Crippen LogP contribution >= 0.6 is 0 Å². The van der Waals surface area contributed by atoms with E-state index in [2.05, 4.69) is 10.5 Å². The van der Waals surface area contributed by atoms with Crippen molar-refractivity contribution in [2.75, 3.05) is 6.54 Å². The molecule has 0 heterocycles. The third-order valence-electron chi connectivity index (χ3n) is 3.07. The van der Waals surface area contributed by atoms with Gasteiger partial charge in [-0.05, 0) is 12.8 Å². The molecule has 0 saturated heterocycles. The van der Waals surface area contributed by atoms with Crippen molar-refractivity contribution in [3.05, 3.63) is 4.91 Å². The topological polar surface area (TPSA) is 131 Å². The fraction of sp³-hybridized carbons (Fsp3) is 0.900. The molecule has 5 atom stereocenters. The molecule has 8 heteroatoms. The van der Waals surface area contributed by atoms with Gasteiger partial charge >= 0.3 is 0 Å². The number of nitrogens with one attached hydrogen (secondary N) is 1. The minimum absolute atomic E-state index is 0.190. The minimum Gasteiger partial charge on any atom is -0.391 e. The number of halogens is 1. The molecule has 104 valence electrons. The number of nitrogens with two attached hydrogens (primary N) is 2. The van der Waals surface area contributed by atoms with Crippen molar-refractivity contribution in [3.63, 3.8) is 0 Å². The number of nitroso groups, excluding NO2 is 1. The van der Waals surface area contributed by atoms with Crippen molar-refractivity contribution < 1.29 is 14.3 Å². The molecule has 0 aromatic carbocycles. The molecule has 0 bridgehead atoms. The van der Waals surface area contributed by atoms with Crippen LogP contribution in [0.4, 0.5) is 4.39 Å². The lowest BCUT2D eigenvalue weighted by Crippen LogP contribution is -2.54. The normalized spacial score (nSPS) is 33.8. The number of rotatable bonds is 5. The smallest absolute Gasteiger partial charge is 0.223 e. The van der Waals surface area contributed by atoms with Crippen LogP contribution in [-0.2, 0) is 4.79 Å². The van der Waals surface area contributed by atoms with Crippen LogP contribution in [0.2, 0.25) is 0 Å². The van der Waals surface area contributed by atoms with Gasteiger partial charge < -0.3 is 21.9 Å². The second-order valence-electron chi connectivity index (χ2n) is 4.60. The highest BCUT2D eigenvalue weighted by Gasteiger charge is 2.36. The van der Waals surface area contributed by atoms with E-state index in [4.69, 9.17) is 11.5 Å². The Balaban J connectivity index is 2.45. The molecule has 0 aromatic heterocycles. The molecule has 0 aromatic rings. The van der Waals surface area contributed by atoms with Crippen LogP contribution in [0.1, 0.15) is 19.3 Å². The van der Waals surface area contributed by atoms with E-state index in [1.54, 1.807) is 0 Å². The van der Waals surface area contributed by atoms with E-state index in [0.29, 0.717) is 6.42 Å². The van der Waals surface area contributed by atoms with Gasteiger partial charge in [0.05, 0.1) is 12.5 Å². The Hall–Kier alpha value is -1.12. The van der Waals surface area contributed by atoms with Crippen molar-refractivity contribution in [1.29, 1.82) is 0 Å². The third kappa shape index (κ3) is 3.97. The first-order valence-corrected chi connectivity index (χ1v) is 5.87. The molecule has 0 aliphatic heterocycles. The van der Waals surface area contributed by atoms with Crippen molar-refractivity contribution in [1.82, 2.24) is 5.32 Å². The lowest BCUT2D eigenvalue weighted by atomic mass is 9.85. The number of nitrogens with zero attached hydrogens (tertiary/aromatic N) is 1. The van der Waals surface area contributed by atoms with E-state index in [1.807, 2.05) is 0 Å². The molecule has 1 fully saturated rings. The van der Waals surface area contributed by atoms with E-state index in [9.17, 15) is 19.2 Å². The highest BCUT2D eigenvalue weighted by molar-refractivity contribution is 5.76. The molecule has 1 aliphatic rings. The monoisotopic (exact) mass is 262 g/mol. The van der Waals surface area contributed by atoms with Crippen LogP contribution in [0.25, 0.3) is 0 Å². The Bertz CT molecular complexity index is 293. The van der Waals surface area contributed by atoms with Crippen molar-refractivity contribution in [2.45, 2.75) is 49.7 Å². The van der Waals surface area contributed by atoms with Gasteiger partial charge in [0.1, 0.15) is 12.2 Å². The van der Waals surface area contributed by atoms with E-state index in [1.165, 1.54) is 0 Å². The first-order valence-electron chi connectivity index (χ1n) is 5.87. The average Bonchev–Trinajstić information content (AvgIpc) is 2.28. The molecule has 6 N–H and O–H groups in total. The molecule has 1 saturated carbocycles. The van der Waals surface area contributed by atoms with Crippen LogP contribution in [-0.4, -0.2) is 48.0 Å². The maximum Gasteiger partial charge on any atom is 0.223 e. The van der Waals surface area contributed by atoms with Gasteiger partial charge in [-0.2, -0.15) is 4.91 Å². The second kappa shape index (κ2) is 6.72. The van der Waals surface area contributed by atoms with Crippen LogP contribution in [0, 0.1) is 4.91 Å². The van der Waals surface area contributed by atoms with E-state index in [0.717, 1.165) is 0 Å². The Labute approximate surface area is 104 Å². The number of hydrogen-bond donors (Lipinski definition) is 4. The number of aliphatic hydroxyl groups is 1. The zero-order chi connectivity index (χ0) is 13.7. The summed E-state index contributed by atoms with van der Waals surface area (Å²) in [6, 6.07) is -1.83. The summed E-state index contributed by atoms with van der Waals surface area (Å²) in [5.74, 6) is -0.477. The summed E-state index contributed by atoms with van der Waals surface area (Å²) in [5, 5.41) is 15.0. The van der Waals surface area contributed by atoms with Gasteiger partial charge in [-0.3, -0.25) is 4.79 Å². The molecule has 1 aliphatic carbocycles. The van der Waals surface area contributed by atoms with Gasteiger partial charge in [-0.1, -0.05) is 5.18 Å². The Morgan fingerprint density at radius 3 is 2.72 bits per heavy atom. The fourth-order valence-corrected chi connectivity index (χ4v) is 2.12. The highest BCUT2D eigenvalue weighted by atomic mass is 19.1. The van der Waals surface area contributed by atoms with Gasteiger partial charge in [0.2, 0.25) is 5.91 Å². The first-order chi connectivity index (χ1) is 8.47. The summed E-state index contributed by atoms with van der Waals surface area (Å²) in [6.45, 7) is -0.211. The predicted octanol–water partition coefficient (Wildman–Crippen LogP) is -1.22. The standard InChI is InChI=1S/C10H19FN4O3/c11-5(4-12)1-9(17)14-6-2-7(13)10(15-18)8(16)3-6/h5-8,10,16H,1-4,12-13H2,(H,14,17)/t5?,6?,7?,8?,10-/m1/s1. The maximum absolute atomic E-state index is 12.9. The molecule has 0 spiro atoms. The molecule has 1 rings (SSSR count). The molecule has 7 nitrogen and oxygen atoms in total. The van der Waals surface area contributed by atoms with E-state index >= 15 is 0 Å². The van der Waals surface area contributed by atoms with Gasteiger partial charge in [-0.15, -0.1) is 0 Å². The van der Waals surface area contributed by atoms with Gasteiger partial charge in [0.25, 0.3) is 0 Å². The zero-order valence-electron chi connectivity index (χ0n) is 9.96. The Morgan fingerprint density at radius 1 is 1.56 bits per heavy atom. The minimum atomic E-state index is -1.38. The van der Waals surface area contributed by atoms with Crippen molar-refractivity contribution >= 4 is 5.91 Å². The third-order valence-corrected chi connectivity index (χ3v) is 3.07. The summed E-state index contributed by atoms with van der Waals surface area (Å²) in [5.41, 5.74) is 10.7. The fourth-order valence-electron chi connectivity index (χ4n) is 2.12. The lowest BCUT2D eigenvalue weighted by molar-refractivity contribution is -0.123. The summed E-state index contributed by atoms with van der Waals surface area (Å²) in [4.78, 5) is 21.9. The first kappa shape index (κ1) is 14.9. The van der Waals surface area contributed by atoms with Crippen LogP contribution < -0.4 is 16.8 Å². The number of carbonyl (C=O) groups excluding carboxylic acids is 1. The number of carbonyl (C=O) groups is 1. The molecule has 4 unspecified atom stereocenters. The molecule has 18 heavy (non-hydrogen) atoms. The number of aliphatic hydroxyl groups excluding tert-OH is 1. The largest absolute Gasteiger partial charge is 0.391 e. The second-order valence-corrected chi connectivity index (χ2v) is 4.60. The summed E-state index contributed by atoms with van der Waals surface area (Å²) < 4.78 is 12.9. The molecule has 1 amide bonds. The molecular formula is C10H19FN4O3. The average molecular weight is 262 g/mol. The van der Waals surface area contributed by atoms with E-state index in [-0.39, 0.29) is 25.4 Å². The van der Waals surface area contributed by atoms with Crippen LogP contribution in [0.3, 0.4) is 0 Å². The number of amides is 1. The van der Waals surface area contributed by atoms with E-state index < -0.39 is 30.3 Å². The SMILES string of the molecule is NCC(F)CC(=O)NC1CC(N)[C@@H](N=O)C(O)C1.